The van der Waals surface area contributed by atoms with E-state index in [0.29, 0.717) is 11.7 Å². The van der Waals surface area contributed by atoms with E-state index in [1.165, 1.54) is 33.0 Å². The minimum absolute atomic E-state index is 0.0725. The first-order chi connectivity index (χ1) is 11.3. The Balaban J connectivity index is 1.96. The van der Waals surface area contributed by atoms with Gasteiger partial charge in [-0.2, -0.15) is 0 Å². The molecule has 0 radical (unpaired) electrons. The minimum atomic E-state index is -0.362. The van der Waals surface area contributed by atoms with Crippen LogP contribution in [0.15, 0.2) is 47.5 Å². The average Bonchev–Trinajstić information content (AvgIpc) is 2.94. The maximum Gasteiger partial charge on any atom is 0.147 e. The number of benzene rings is 2. The first-order valence-electron chi connectivity index (χ1n) is 9.08. The zero-order valence-electron chi connectivity index (χ0n) is 15.1. The number of rotatable bonds is 0. The topological polar surface area (TPSA) is 17.1 Å². The van der Waals surface area contributed by atoms with Crippen LogP contribution >= 0.6 is 0 Å². The molecule has 0 spiro atoms. The fourth-order valence-corrected chi connectivity index (χ4v) is 6.51. The summed E-state index contributed by atoms with van der Waals surface area (Å²) in [5.74, 6) is 1.23. The molecule has 5 atom stereocenters. The van der Waals surface area contributed by atoms with E-state index in [0.717, 1.165) is 0 Å². The monoisotopic (exact) mass is 316 g/mol. The lowest BCUT2D eigenvalue weighted by atomic mass is 9.40. The summed E-state index contributed by atoms with van der Waals surface area (Å²) in [6.45, 7) is 11.2. The smallest absolute Gasteiger partial charge is 0.147 e. The third-order valence-electron chi connectivity index (χ3n) is 8.19. The van der Waals surface area contributed by atoms with Crippen molar-refractivity contribution in [2.45, 2.75) is 46.5 Å². The highest BCUT2D eigenvalue weighted by molar-refractivity contribution is 6.00. The van der Waals surface area contributed by atoms with Gasteiger partial charge in [-0.3, -0.25) is 4.79 Å². The van der Waals surface area contributed by atoms with Crippen LogP contribution in [0.25, 0.3) is 10.8 Å². The van der Waals surface area contributed by atoms with Crippen molar-refractivity contribution in [1.82, 2.24) is 0 Å². The lowest BCUT2D eigenvalue weighted by Crippen LogP contribution is -2.59. The van der Waals surface area contributed by atoms with Gasteiger partial charge in [0.25, 0.3) is 0 Å². The van der Waals surface area contributed by atoms with Crippen molar-refractivity contribution < 1.29 is 4.79 Å². The molecule has 0 unspecified atom stereocenters. The third kappa shape index (κ3) is 1.20. The van der Waals surface area contributed by atoms with Crippen molar-refractivity contribution >= 4 is 16.6 Å². The number of Topliss-reactive ketones (excluding diaryl/α,β-unsaturated/α-hetero) is 1. The third-order valence-corrected chi connectivity index (χ3v) is 8.19. The molecule has 1 heteroatoms. The number of hydrogen-bond acceptors (Lipinski definition) is 1. The molecule has 1 saturated carbocycles. The second kappa shape index (κ2) is 4.02. The van der Waals surface area contributed by atoms with Crippen LogP contribution in [-0.2, 0) is 4.79 Å². The van der Waals surface area contributed by atoms with Gasteiger partial charge in [-0.25, -0.2) is 0 Å². The lowest BCUT2D eigenvalue weighted by Gasteiger charge is -2.61. The number of carbonyl (C=O) groups is 1. The molecule has 0 aromatic heterocycles. The summed E-state index contributed by atoms with van der Waals surface area (Å²) < 4.78 is 0. The summed E-state index contributed by atoms with van der Waals surface area (Å²) in [6, 6.07) is 13.4. The molecule has 0 aliphatic heterocycles. The number of fused-ring (bicyclic) bond motifs is 1. The normalized spacial score (nSPS) is 39.7. The predicted molar refractivity (Wildman–Crippen MR) is 98.2 cm³/mol. The Morgan fingerprint density at radius 3 is 2.08 bits per heavy atom. The number of hydrogen-bond donors (Lipinski definition) is 0. The van der Waals surface area contributed by atoms with Crippen LogP contribution < -0.4 is 0 Å². The molecule has 4 aliphatic rings. The predicted octanol–water partition coefficient (Wildman–Crippen LogP) is 5.60. The highest BCUT2D eigenvalue weighted by atomic mass is 16.1. The second-order valence-electron chi connectivity index (χ2n) is 8.57. The van der Waals surface area contributed by atoms with Gasteiger partial charge >= 0.3 is 0 Å². The van der Waals surface area contributed by atoms with Crippen LogP contribution in [0.5, 0.6) is 0 Å². The highest BCUT2D eigenvalue weighted by Crippen LogP contribution is 2.74. The van der Waals surface area contributed by atoms with Gasteiger partial charge in [-0.15, -0.1) is 0 Å². The molecule has 24 heavy (non-hydrogen) atoms. The van der Waals surface area contributed by atoms with Gasteiger partial charge in [0, 0.05) is 23.2 Å². The number of carbonyl (C=O) groups excluding carboxylic acids is 1. The Morgan fingerprint density at radius 2 is 1.46 bits per heavy atom. The van der Waals surface area contributed by atoms with Gasteiger partial charge in [0.05, 0.1) is 5.41 Å². The van der Waals surface area contributed by atoms with Gasteiger partial charge in [-0.1, -0.05) is 61.4 Å². The minimum Gasteiger partial charge on any atom is -0.298 e. The van der Waals surface area contributed by atoms with Crippen molar-refractivity contribution in [2.24, 2.45) is 16.7 Å². The van der Waals surface area contributed by atoms with Crippen LogP contribution in [0.1, 0.15) is 57.6 Å². The summed E-state index contributed by atoms with van der Waals surface area (Å²) in [6.07, 6.45) is 0. The fraction of sp³-hybridized carbons (Fsp3) is 0.435. The molecule has 0 saturated heterocycles. The quantitative estimate of drug-likeness (QED) is 0.578. The standard InChI is InChI=1S/C23H24O/c1-12-13(2)23(5)20-17-11-7-9-15-8-6-10-16(18(15)17)19(20)22(12,4)14(3)21(23)24/h6-11,14,19-20H,1-5H3/t14-,19+,20+,22+,23-/m1/s1. The summed E-state index contributed by atoms with van der Waals surface area (Å²) in [7, 11) is 0. The van der Waals surface area contributed by atoms with Crippen LogP contribution in [0.3, 0.4) is 0 Å². The second-order valence-corrected chi connectivity index (χ2v) is 8.57. The molecule has 0 N–H and O–H groups in total. The SMILES string of the molecule is CC1=C(C)[C@@]2(C)[C@H](C)C(=O)[C@@]1(C)[C@H]1c3cccc4cccc(c34)[C@@H]12. The molecule has 4 aliphatic carbocycles. The molecule has 2 bridgehead atoms. The first-order valence-corrected chi connectivity index (χ1v) is 9.08. The summed E-state index contributed by atoms with van der Waals surface area (Å²) in [4.78, 5) is 13.4. The van der Waals surface area contributed by atoms with Crippen LogP contribution in [0.2, 0.25) is 0 Å². The van der Waals surface area contributed by atoms with E-state index in [1.54, 1.807) is 0 Å². The first kappa shape index (κ1) is 14.5. The van der Waals surface area contributed by atoms with Crippen molar-refractivity contribution in [2.75, 3.05) is 0 Å². The van der Waals surface area contributed by atoms with E-state index in [-0.39, 0.29) is 22.7 Å². The van der Waals surface area contributed by atoms with Gasteiger partial charge < -0.3 is 0 Å². The van der Waals surface area contributed by atoms with Gasteiger partial charge in [0.1, 0.15) is 5.78 Å². The molecule has 2 aromatic carbocycles. The van der Waals surface area contributed by atoms with Gasteiger partial charge in [0.2, 0.25) is 0 Å². The molecule has 122 valence electrons. The summed E-state index contributed by atoms with van der Waals surface area (Å²) in [5.41, 5.74) is 5.19. The molecule has 6 rings (SSSR count). The maximum absolute atomic E-state index is 13.4. The maximum atomic E-state index is 13.4. The molecule has 0 heterocycles. The van der Waals surface area contributed by atoms with E-state index in [4.69, 9.17) is 0 Å². The van der Waals surface area contributed by atoms with Gasteiger partial charge in [0.15, 0.2) is 0 Å². The molecular formula is C23H24O. The molecule has 0 amide bonds. The number of ketones is 1. The van der Waals surface area contributed by atoms with Crippen molar-refractivity contribution in [1.29, 1.82) is 0 Å². The van der Waals surface area contributed by atoms with Gasteiger partial charge in [-0.05, 0) is 42.7 Å². The molecular weight excluding hydrogens is 292 g/mol. The van der Waals surface area contributed by atoms with E-state index in [9.17, 15) is 4.79 Å². The Morgan fingerprint density at radius 1 is 0.875 bits per heavy atom. The molecule has 1 fully saturated rings. The van der Waals surface area contributed by atoms with Crippen LogP contribution in [0, 0.1) is 16.7 Å². The molecule has 1 nitrogen and oxygen atoms in total. The Labute approximate surface area is 143 Å². The zero-order valence-corrected chi connectivity index (χ0v) is 15.1. The summed E-state index contributed by atoms with van der Waals surface area (Å²) in [5, 5.41) is 2.73. The largest absolute Gasteiger partial charge is 0.298 e. The van der Waals surface area contributed by atoms with E-state index in [1.807, 2.05) is 0 Å². The highest BCUT2D eigenvalue weighted by Gasteiger charge is 2.68. The number of allylic oxidation sites excluding steroid dienone is 2. The Bertz CT molecular complexity index is 960. The van der Waals surface area contributed by atoms with Crippen molar-refractivity contribution in [3.63, 3.8) is 0 Å². The lowest BCUT2D eigenvalue weighted by molar-refractivity contribution is -0.143. The van der Waals surface area contributed by atoms with E-state index >= 15 is 0 Å². The Hall–Kier alpha value is -1.89. The van der Waals surface area contributed by atoms with Crippen LogP contribution in [0.4, 0.5) is 0 Å². The fourth-order valence-electron chi connectivity index (χ4n) is 6.51. The summed E-state index contributed by atoms with van der Waals surface area (Å²) >= 11 is 0. The van der Waals surface area contributed by atoms with E-state index in [2.05, 4.69) is 71.0 Å². The van der Waals surface area contributed by atoms with Crippen molar-refractivity contribution in [3.05, 3.63) is 58.7 Å². The van der Waals surface area contributed by atoms with Crippen LogP contribution in [-0.4, -0.2) is 5.78 Å². The van der Waals surface area contributed by atoms with Crippen molar-refractivity contribution in [3.8, 4) is 0 Å². The average molecular weight is 316 g/mol. The van der Waals surface area contributed by atoms with E-state index < -0.39 is 0 Å². The molecule has 2 aromatic rings. The zero-order chi connectivity index (χ0) is 17.0. The Kier molecular flexibility index (Phi) is 2.42.